The number of nitrogens with zero attached hydrogens (tertiary/aromatic N) is 3. The molecule has 1 fully saturated rings. The highest BCUT2D eigenvalue weighted by atomic mass is 32.1. The molecule has 2 aromatic rings. The number of thiophene rings is 1. The molecule has 0 bridgehead atoms. The zero-order chi connectivity index (χ0) is 16.4. The first-order valence-corrected chi connectivity index (χ1v) is 9.08. The lowest BCUT2D eigenvalue weighted by Gasteiger charge is -2.37. The third-order valence-electron chi connectivity index (χ3n) is 4.02. The summed E-state index contributed by atoms with van der Waals surface area (Å²) < 4.78 is 0. The molecule has 3 rings (SSSR count). The Morgan fingerprint density at radius 1 is 1.22 bits per heavy atom. The number of nitrogens with two attached hydrogens (primary N) is 1. The second kappa shape index (κ2) is 6.77. The standard InChI is InChI=1S/C15H18N4O2S2/c1-10(14-17-4-9-22-14)18-5-7-19(8-6-18)15(21)12-3-2-11(23-12)13(16)20/h2-4,9-10H,5-8H2,1H3,(H2,16,20)/t10-/m0/s1. The lowest BCUT2D eigenvalue weighted by Crippen LogP contribution is -2.49. The van der Waals surface area contributed by atoms with Gasteiger partial charge in [-0.2, -0.15) is 0 Å². The van der Waals surface area contributed by atoms with Gasteiger partial charge in [0.1, 0.15) is 5.01 Å². The van der Waals surface area contributed by atoms with Crippen LogP contribution in [0.4, 0.5) is 0 Å². The van der Waals surface area contributed by atoms with Crippen LogP contribution in [-0.4, -0.2) is 52.8 Å². The van der Waals surface area contributed by atoms with Crippen LogP contribution in [0.3, 0.4) is 0 Å². The minimum atomic E-state index is -0.490. The molecule has 1 atom stereocenters. The minimum absolute atomic E-state index is 0.0240. The summed E-state index contributed by atoms with van der Waals surface area (Å²) in [5.41, 5.74) is 5.24. The Balaban J connectivity index is 1.59. The van der Waals surface area contributed by atoms with Crippen molar-refractivity contribution in [3.8, 4) is 0 Å². The molecular weight excluding hydrogens is 332 g/mol. The van der Waals surface area contributed by atoms with Crippen molar-refractivity contribution in [2.24, 2.45) is 5.73 Å². The second-order valence-electron chi connectivity index (χ2n) is 5.40. The van der Waals surface area contributed by atoms with Gasteiger partial charge in [-0.1, -0.05) is 0 Å². The van der Waals surface area contributed by atoms with E-state index in [4.69, 9.17) is 5.73 Å². The Hall–Kier alpha value is -1.77. The fourth-order valence-corrected chi connectivity index (χ4v) is 4.21. The Kier molecular flexibility index (Phi) is 4.74. The van der Waals surface area contributed by atoms with Crippen LogP contribution in [0.15, 0.2) is 23.7 Å². The van der Waals surface area contributed by atoms with Crippen molar-refractivity contribution < 1.29 is 9.59 Å². The van der Waals surface area contributed by atoms with Gasteiger partial charge in [0.25, 0.3) is 11.8 Å². The van der Waals surface area contributed by atoms with Gasteiger partial charge in [0.15, 0.2) is 0 Å². The second-order valence-corrected chi connectivity index (χ2v) is 7.41. The van der Waals surface area contributed by atoms with Crippen molar-refractivity contribution in [2.45, 2.75) is 13.0 Å². The van der Waals surface area contributed by atoms with Crippen LogP contribution in [0.5, 0.6) is 0 Å². The van der Waals surface area contributed by atoms with E-state index in [0.29, 0.717) is 22.8 Å². The summed E-state index contributed by atoms with van der Waals surface area (Å²) in [5, 5.41) is 3.09. The molecule has 2 amide bonds. The monoisotopic (exact) mass is 350 g/mol. The molecule has 1 saturated heterocycles. The normalized spacial score (nSPS) is 17.2. The lowest BCUT2D eigenvalue weighted by atomic mass is 10.2. The van der Waals surface area contributed by atoms with Gasteiger partial charge in [-0.05, 0) is 19.1 Å². The van der Waals surface area contributed by atoms with Crippen molar-refractivity contribution in [2.75, 3.05) is 26.2 Å². The maximum Gasteiger partial charge on any atom is 0.264 e. The third-order valence-corrected chi connectivity index (χ3v) is 6.05. The molecule has 1 aliphatic rings. The van der Waals surface area contributed by atoms with Gasteiger partial charge in [-0.15, -0.1) is 22.7 Å². The largest absolute Gasteiger partial charge is 0.365 e. The highest BCUT2D eigenvalue weighted by molar-refractivity contribution is 7.15. The van der Waals surface area contributed by atoms with Crippen LogP contribution >= 0.6 is 22.7 Å². The summed E-state index contributed by atoms with van der Waals surface area (Å²) in [6.07, 6.45) is 1.82. The Morgan fingerprint density at radius 2 is 1.91 bits per heavy atom. The van der Waals surface area contributed by atoms with E-state index in [-0.39, 0.29) is 11.9 Å². The predicted molar refractivity (Wildman–Crippen MR) is 90.8 cm³/mol. The fourth-order valence-electron chi connectivity index (χ4n) is 2.65. The summed E-state index contributed by atoms with van der Waals surface area (Å²) in [5.74, 6) is -0.514. The van der Waals surface area contributed by atoms with E-state index in [1.54, 1.807) is 23.5 Å². The molecule has 6 nitrogen and oxygen atoms in total. The van der Waals surface area contributed by atoms with Crippen LogP contribution in [0.1, 0.15) is 37.3 Å². The fraction of sp³-hybridized carbons (Fsp3) is 0.400. The molecule has 2 N–H and O–H groups in total. The molecule has 8 heteroatoms. The highest BCUT2D eigenvalue weighted by Gasteiger charge is 2.27. The predicted octanol–water partition coefficient (Wildman–Crippen LogP) is 1.82. The Morgan fingerprint density at radius 3 is 2.48 bits per heavy atom. The maximum absolute atomic E-state index is 12.5. The zero-order valence-corrected chi connectivity index (χ0v) is 14.4. The minimum Gasteiger partial charge on any atom is -0.365 e. The van der Waals surface area contributed by atoms with Gasteiger partial charge in [-0.3, -0.25) is 14.5 Å². The van der Waals surface area contributed by atoms with E-state index in [1.807, 2.05) is 16.5 Å². The third kappa shape index (κ3) is 3.44. The van der Waals surface area contributed by atoms with Gasteiger partial charge in [-0.25, -0.2) is 4.98 Å². The summed E-state index contributed by atoms with van der Waals surface area (Å²) >= 11 is 2.82. The molecule has 23 heavy (non-hydrogen) atoms. The summed E-state index contributed by atoms with van der Waals surface area (Å²) in [4.78, 5) is 33.2. The van der Waals surface area contributed by atoms with Crippen molar-refractivity contribution in [3.05, 3.63) is 38.5 Å². The Labute approximate surface area is 142 Å². The van der Waals surface area contributed by atoms with E-state index >= 15 is 0 Å². The van der Waals surface area contributed by atoms with E-state index in [2.05, 4.69) is 16.8 Å². The zero-order valence-electron chi connectivity index (χ0n) is 12.8. The van der Waals surface area contributed by atoms with Crippen LogP contribution in [0.25, 0.3) is 0 Å². The van der Waals surface area contributed by atoms with E-state index < -0.39 is 5.91 Å². The molecule has 3 heterocycles. The average Bonchev–Trinajstić information content (AvgIpc) is 3.25. The van der Waals surface area contributed by atoms with E-state index in [9.17, 15) is 9.59 Å². The molecule has 2 aromatic heterocycles. The number of aromatic nitrogens is 1. The van der Waals surface area contributed by atoms with Crippen molar-refractivity contribution in [3.63, 3.8) is 0 Å². The average molecular weight is 350 g/mol. The van der Waals surface area contributed by atoms with Gasteiger partial charge in [0.05, 0.1) is 15.8 Å². The number of thiazole rings is 1. The summed E-state index contributed by atoms with van der Waals surface area (Å²) in [7, 11) is 0. The number of carbonyl (C=O) groups is 2. The quantitative estimate of drug-likeness (QED) is 0.912. The summed E-state index contributed by atoms with van der Waals surface area (Å²) in [6, 6.07) is 3.56. The van der Waals surface area contributed by atoms with E-state index in [0.717, 1.165) is 29.4 Å². The molecule has 0 unspecified atom stereocenters. The van der Waals surface area contributed by atoms with Crippen LogP contribution < -0.4 is 5.73 Å². The number of hydrogen-bond acceptors (Lipinski definition) is 6. The molecule has 0 aromatic carbocycles. The Bertz CT molecular complexity index is 690. The van der Waals surface area contributed by atoms with Crippen molar-refractivity contribution >= 4 is 34.5 Å². The molecule has 0 radical (unpaired) electrons. The maximum atomic E-state index is 12.5. The molecule has 1 aliphatic heterocycles. The van der Waals surface area contributed by atoms with Gasteiger partial charge >= 0.3 is 0 Å². The summed E-state index contributed by atoms with van der Waals surface area (Å²) in [6.45, 7) is 5.15. The number of amides is 2. The van der Waals surface area contributed by atoms with Crippen LogP contribution in [0, 0.1) is 0 Å². The van der Waals surface area contributed by atoms with Gasteiger partial charge in [0, 0.05) is 37.8 Å². The molecular formula is C15H18N4O2S2. The first kappa shape index (κ1) is 16.1. The highest BCUT2D eigenvalue weighted by Crippen LogP contribution is 2.24. The topological polar surface area (TPSA) is 79.5 Å². The number of rotatable bonds is 4. The number of piperazine rings is 1. The van der Waals surface area contributed by atoms with Crippen LogP contribution in [0.2, 0.25) is 0 Å². The number of hydrogen-bond donors (Lipinski definition) is 1. The molecule has 0 saturated carbocycles. The van der Waals surface area contributed by atoms with Gasteiger partial charge in [0.2, 0.25) is 0 Å². The van der Waals surface area contributed by atoms with Gasteiger partial charge < -0.3 is 10.6 Å². The molecule has 0 aliphatic carbocycles. The smallest absolute Gasteiger partial charge is 0.264 e. The first-order chi connectivity index (χ1) is 11.1. The lowest BCUT2D eigenvalue weighted by molar-refractivity contribution is 0.0586. The SMILES string of the molecule is C[C@@H](c1nccs1)N1CCN(C(=O)c2ccc(C(N)=O)s2)CC1. The first-order valence-electron chi connectivity index (χ1n) is 7.38. The number of primary amides is 1. The van der Waals surface area contributed by atoms with E-state index in [1.165, 1.54) is 0 Å². The van der Waals surface area contributed by atoms with Crippen molar-refractivity contribution in [1.82, 2.24) is 14.8 Å². The number of carbonyl (C=O) groups excluding carboxylic acids is 2. The molecule has 0 spiro atoms. The van der Waals surface area contributed by atoms with Crippen molar-refractivity contribution in [1.29, 1.82) is 0 Å². The molecule has 122 valence electrons. The van der Waals surface area contributed by atoms with Crippen LogP contribution in [-0.2, 0) is 0 Å².